The molecule has 0 atom stereocenters. The van der Waals surface area contributed by atoms with E-state index in [9.17, 15) is 9.59 Å². The van der Waals surface area contributed by atoms with Crippen LogP contribution in [-0.2, 0) is 14.3 Å². The molecule has 0 saturated heterocycles. The number of hydrogen-bond donors (Lipinski definition) is 0. The maximum atomic E-state index is 11.6. The summed E-state index contributed by atoms with van der Waals surface area (Å²) in [5.41, 5.74) is -0.0510. The molecule has 1 aromatic rings. The minimum atomic E-state index is -0.435. The van der Waals surface area contributed by atoms with Crippen LogP contribution in [0.15, 0.2) is 18.5 Å². The number of carbonyl (C=O) groups is 2. The van der Waals surface area contributed by atoms with Crippen molar-refractivity contribution < 1.29 is 23.8 Å². The van der Waals surface area contributed by atoms with E-state index in [2.05, 4.69) is 9.72 Å². The smallest absolute Gasteiger partial charge is 0.339 e. The fourth-order valence-electron chi connectivity index (χ4n) is 2.03. The maximum Gasteiger partial charge on any atom is 0.339 e. The second-order valence-corrected chi connectivity index (χ2v) is 6.50. The summed E-state index contributed by atoms with van der Waals surface area (Å²) in [6, 6.07) is 1.61. The fraction of sp³-hybridized carbons (Fsp3) is 0.611. The van der Waals surface area contributed by atoms with Crippen LogP contribution in [-0.4, -0.2) is 36.2 Å². The summed E-state index contributed by atoms with van der Waals surface area (Å²) in [5, 5.41) is 0. The van der Waals surface area contributed by atoms with Crippen LogP contribution in [0.5, 0.6) is 5.75 Å². The highest BCUT2D eigenvalue weighted by Crippen LogP contribution is 2.14. The molecule has 0 bridgehead atoms. The second-order valence-electron chi connectivity index (χ2n) is 6.50. The molecule has 24 heavy (non-hydrogen) atoms. The molecule has 0 aliphatic carbocycles. The van der Waals surface area contributed by atoms with Crippen LogP contribution in [0.4, 0.5) is 0 Å². The first-order valence-corrected chi connectivity index (χ1v) is 8.20. The van der Waals surface area contributed by atoms with E-state index >= 15 is 0 Å². The van der Waals surface area contributed by atoms with E-state index in [0.29, 0.717) is 24.3 Å². The molecule has 0 aliphatic rings. The van der Waals surface area contributed by atoms with Crippen molar-refractivity contribution in [2.45, 2.75) is 58.5 Å². The molecule has 134 valence electrons. The molecule has 6 heteroatoms. The number of esters is 2. The number of unbranched alkanes of at least 4 members (excludes halogenated alkanes) is 3. The number of ether oxygens (including phenoxy) is 3. The molecule has 0 N–H and O–H groups in total. The monoisotopic (exact) mass is 337 g/mol. The minimum absolute atomic E-state index is 0.149. The summed E-state index contributed by atoms with van der Waals surface area (Å²) < 4.78 is 15.5. The van der Waals surface area contributed by atoms with Gasteiger partial charge in [0.2, 0.25) is 0 Å². The third kappa shape index (κ3) is 8.50. The van der Waals surface area contributed by atoms with Gasteiger partial charge in [0.1, 0.15) is 11.4 Å². The summed E-state index contributed by atoms with van der Waals surface area (Å²) in [7, 11) is 1.33. The predicted octanol–water partition coefficient (Wildman–Crippen LogP) is 3.54. The number of pyridine rings is 1. The van der Waals surface area contributed by atoms with Gasteiger partial charge in [0.25, 0.3) is 0 Å². The molecule has 1 heterocycles. The number of nitrogens with zero attached hydrogens (tertiary/aromatic N) is 1. The number of carbonyl (C=O) groups excluding carboxylic acids is 2. The van der Waals surface area contributed by atoms with E-state index in [4.69, 9.17) is 9.47 Å². The third-order valence-corrected chi connectivity index (χ3v) is 3.10. The van der Waals surface area contributed by atoms with E-state index < -0.39 is 11.6 Å². The Bertz CT molecular complexity index is 536. The predicted molar refractivity (Wildman–Crippen MR) is 90.0 cm³/mol. The lowest BCUT2D eigenvalue weighted by Crippen LogP contribution is -2.23. The van der Waals surface area contributed by atoms with Gasteiger partial charge in [-0.3, -0.25) is 9.78 Å². The molecule has 0 aromatic carbocycles. The van der Waals surface area contributed by atoms with E-state index in [-0.39, 0.29) is 5.97 Å². The van der Waals surface area contributed by atoms with Gasteiger partial charge < -0.3 is 14.2 Å². The molecule has 0 saturated carbocycles. The van der Waals surface area contributed by atoms with Crippen molar-refractivity contribution in [3.05, 3.63) is 24.0 Å². The molecular weight excluding hydrogens is 310 g/mol. The summed E-state index contributed by atoms with van der Waals surface area (Å²) in [4.78, 5) is 26.9. The van der Waals surface area contributed by atoms with Gasteiger partial charge in [-0.15, -0.1) is 0 Å². The molecule has 0 unspecified atom stereocenters. The zero-order valence-electron chi connectivity index (χ0n) is 15.0. The van der Waals surface area contributed by atoms with Crippen molar-refractivity contribution in [1.29, 1.82) is 0 Å². The van der Waals surface area contributed by atoms with Gasteiger partial charge in [-0.25, -0.2) is 4.79 Å². The lowest BCUT2D eigenvalue weighted by Gasteiger charge is -2.19. The fourth-order valence-corrected chi connectivity index (χ4v) is 2.03. The van der Waals surface area contributed by atoms with Crippen molar-refractivity contribution in [3.63, 3.8) is 0 Å². The Balaban J connectivity index is 2.14. The van der Waals surface area contributed by atoms with Gasteiger partial charge in [0, 0.05) is 12.6 Å². The van der Waals surface area contributed by atoms with Crippen LogP contribution in [0.25, 0.3) is 0 Å². The molecule has 6 nitrogen and oxygen atoms in total. The van der Waals surface area contributed by atoms with E-state index in [1.165, 1.54) is 13.3 Å². The van der Waals surface area contributed by atoms with Gasteiger partial charge in [0.15, 0.2) is 0 Å². The Labute approximate surface area is 143 Å². The Morgan fingerprint density at radius 2 is 1.79 bits per heavy atom. The lowest BCUT2D eigenvalue weighted by molar-refractivity contribution is -0.154. The Hall–Kier alpha value is -2.11. The number of rotatable bonds is 9. The Morgan fingerprint density at radius 1 is 1.08 bits per heavy atom. The highest BCUT2D eigenvalue weighted by atomic mass is 16.6. The van der Waals surface area contributed by atoms with Crippen molar-refractivity contribution in [3.8, 4) is 5.75 Å². The Kier molecular flexibility index (Phi) is 8.22. The van der Waals surface area contributed by atoms with Crippen molar-refractivity contribution in [1.82, 2.24) is 4.98 Å². The topological polar surface area (TPSA) is 74.7 Å². The maximum absolute atomic E-state index is 11.6. The first-order chi connectivity index (χ1) is 11.3. The molecule has 0 spiro atoms. The van der Waals surface area contributed by atoms with Crippen molar-refractivity contribution in [2.24, 2.45) is 0 Å². The van der Waals surface area contributed by atoms with E-state index in [1.54, 1.807) is 12.3 Å². The molecule has 0 radical (unpaired) electrons. The summed E-state index contributed by atoms with van der Waals surface area (Å²) in [6.07, 6.45) is 7.05. The van der Waals surface area contributed by atoms with Gasteiger partial charge in [-0.1, -0.05) is 12.8 Å². The van der Waals surface area contributed by atoms with Crippen molar-refractivity contribution in [2.75, 3.05) is 13.7 Å². The van der Waals surface area contributed by atoms with Crippen LogP contribution >= 0.6 is 0 Å². The first-order valence-electron chi connectivity index (χ1n) is 8.20. The third-order valence-electron chi connectivity index (χ3n) is 3.10. The molecule has 0 fully saturated rings. The minimum Gasteiger partial charge on any atom is -0.492 e. The quantitative estimate of drug-likeness (QED) is 0.507. The second kappa shape index (κ2) is 9.90. The lowest BCUT2D eigenvalue weighted by atomic mass is 10.1. The average Bonchev–Trinajstić information content (AvgIpc) is 2.51. The zero-order chi connectivity index (χ0) is 18.0. The van der Waals surface area contributed by atoms with E-state index in [1.807, 2.05) is 20.8 Å². The first kappa shape index (κ1) is 19.9. The van der Waals surface area contributed by atoms with Gasteiger partial charge in [0.05, 0.1) is 25.5 Å². The van der Waals surface area contributed by atoms with Crippen LogP contribution in [0.2, 0.25) is 0 Å². The number of methoxy groups -OCH3 is 1. The van der Waals surface area contributed by atoms with Crippen LogP contribution in [0, 0.1) is 0 Å². The highest BCUT2D eigenvalue weighted by Gasteiger charge is 2.15. The zero-order valence-corrected chi connectivity index (χ0v) is 15.0. The summed E-state index contributed by atoms with van der Waals surface area (Å²) in [5.74, 6) is -0.0359. The molecule has 1 aromatic heterocycles. The molecule has 1 rings (SSSR count). The normalized spacial score (nSPS) is 11.0. The van der Waals surface area contributed by atoms with Gasteiger partial charge in [-0.2, -0.15) is 0 Å². The highest BCUT2D eigenvalue weighted by molar-refractivity contribution is 5.89. The van der Waals surface area contributed by atoms with Crippen molar-refractivity contribution >= 4 is 11.9 Å². The molecular formula is C18H27NO5. The summed E-state index contributed by atoms with van der Waals surface area (Å²) in [6.45, 7) is 6.14. The van der Waals surface area contributed by atoms with E-state index in [0.717, 1.165) is 25.7 Å². The molecule has 0 amide bonds. The molecule has 0 aliphatic heterocycles. The largest absolute Gasteiger partial charge is 0.492 e. The van der Waals surface area contributed by atoms with Crippen LogP contribution < -0.4 is 4.74 Å². The number of aromatic nitrogens is 1. The standard InChI is InChI=1S/C18H27NO5/c1-18(2,3)24-16(20)9-7-5-6-8-10-23-15-11-14(12-19-13-15)17(21)22-4/h11-13H,5-10H2,1-4H3. The van der Waals surface area contributed by atoms with Crippen LogP contribution in [0.3, 0.4) is 0 Å². The Morgan fingerprint density at radius 3 is 2.46 bits per heavy atom. The average molecular weight is 337 g/mol. The van der Waals surface area contributed by atoms with Gasteiger partial charge >= 0.3 is 11.9 Å². The summed E-state index contributed by atoms with van der Waals surface area (Å²) >= 11 is 0. The van der Waals surface area contributed by atoms with Crippen LogP contribution in [0.1, 0.15) is 63.2 Å². The number of hydrogen-bond acceptors (Lipinski definition) is 6. The SMILES string of the molecule is COC(=O)c1cncc(OCCCCCCC(=O)OC(C)(C)C)c1. The van der Waals surface area contributed by atoms with Gasteiger partial charge in [-0.05, 0) is 39.7 Å².